The van der Waals surface area contributed by atoms with Gasteiger partial charge in [-0.2, -0.15) is 0 Å². The molecule has 0 radical (unpaired) electrons. The van der Waals surface area contributed by atoms with E-state index in [0.717, 1.165) is 44.6 Å². The number of hydrogen-bond acceptors (Lipinski definition) is 4. The first-order chi connectivity index (χ1) is 8.83. The molecular weight excluding hydrogens is 228 g/mol. The minimum Gasteiger partial charge on any atom is -0.355 e. The molecule has 0 unspecified atom stereocenters. The van der Waals surface area contributed by atoms with Crippen molar-refractivity contribution in [1.29, 1.82) is 0 Å². The smallest absolute Gasteiger partial charge is 0.225 e. The lowest BCUT2D eigenvalue weighted by Gasteiger charge is -2.32. The van der Waals surface area contributed by atoms with Crippen LogP contribution in [0.5, 0.6) is 0 Å². The number of hydrogen-bond donors (Lipinski definition) is 1. The second kappa shape index (κ2) is 4.92. The fourth-order valence-corrected chi connectivity index (χ4v) is 2.40. The average Bonchev–Trinajstić information content (AvgIpc) is 3.24. The van der Waals surface area contributed by atoms with Crippen LogP contribution in [-0.2, 0) is 4.79 Å². The summed E-state index contributed by atoms with van der Waals surface area (Å²) in [6.07, 6.45) is 9.45. The van der Waals surface area contributed by atoms with Crippen molar-refractivity contribution in [2.45, 2.75) is 31.7 Å². The van der Waals surface area contributed by atoms with Crippen LogP contribution in [-0.4, -0.2) is 35.0 Å². The Balaban J connectivity index is 1.62. The van der Waals surface area contributed by atoms with E-state index in [2.05, 4.69) is 20.2 Å². The first kappa shape index (κ1) is 11.4. The van der Waals surface area contributed by atoms with E-state index in [0.29, 0.717) is 6.04 Å². The van der Waals surface area contributed by atoms with E-state index in [-0.39, 0.29) is 11.8 Å². The van der Waals surface area contributed by atoms with Gasteiger partial charge in [-0.15, -0.1) is 0 Å². The van der Waals surface area contributed by atoms with Gasteiger partial charge in [0.05, 0.1) is 12.1 Å². The van der Waals surface area contributed by atoms with Crippen LogP contribution in [0.4, 0.5) is 5.82 Å². The van der Waals surface area contributed by atoms with Gasteiger partial charge in [-0.25, -0.2) is 4.98 Å². The molecule has 2 heterocycles. The third-order valence-electron chi connectivity index (χ3n) is 3.59. The molecule has 1 aromatic rings. The van der Waals surface area contributed by atoms with Crippen molar-refractivity contribution in [1.82, 2.24) is 15.3 Å². The Labute approximate surface area is 107 Å². The third kappa shape index (κ3) is 2.60. The number of carbonyl (C=O) groups excluding carboxylic acids is 1. The first-order valence-electron chi connectivity index (χ1n) is 6.64. The summed E-state index contributed by atoms with van der Waals surface area (Å²) in [7, 11) is 0. The molecule has 3 rings (SSSR count). The number of aromatic nitrogens is 2. The van der Waals surface area contributed by atoms with Gasteiger partial charge in [0.25, 0.3) is 0 Å². The molecule has 18 heavy (non-hydrogen) atoms. The molecule has 5 nitrogen and oxygen atoms in total. The molecule has 1 aliphatic heterocycles. The van der Waals surface area contributed by atoms with Crippen molar-refractivity contribution in [2.24, 2.45) is 5.92 Å². The van der Waals surface area contributed by atoms with Crippen LogP contribution in [0.3, 0.4) is 0 Å². The van der Waals surface area contributed by atoms with Gasteiger partial charge < -0.3 is 10.2 Å². The zero-order valence-corrected chi connectivity index (χ0v) is 10.4. The number of amides is 1. The molecule has 2 aliphatic rings. The van der Waals surface area contributed by atoms with E-state index in [1.807, 2.05) is 0 Å². The van der Waals surface area contributed by atoms with Crippen molar-refractivity contribution in [3.8, 4) is 0 Å². The fourth-order valence-electron chi connectivity index (χ4n) is 2.40. The van der Waals surface area contributed by atoms with Gasteiger partial charge >= 0.3 is 0 Å². The predicted octanol–water partition coefficient (Wildman–Crippen LogP) is 0.972. The summed E-state index contributed by atoms with van der Waals surface area (Å²) in [5.41, 5.74) is 0. The second-order valence-corrected chi connectivity index (χ2v) is 5.13. The number of piperidine rings is 1. The van der Waals surface area contributed by atoms with Crippen LogP contribution in [0.25, 0.3) is 0 Å². The number of carbonyl (C=O) groups is 1. The third-order valence-corrected chi connectivity index (χ3v) is 3.59. The highest BCUT2D eigenvalue weighted by Gasteiger charge is 2.30. The van der Waals surface area contributed by atoms with Crippen LogP contribution in [0, 0.1) is 5.92 Å². The summed E-state index contributed by atoms with van der Waals surface area (Å²) < 4.78 is 0. The Morgan fingerprint density at radius 2 is 2.22 bits per heavy atom. The SMILES string of the molecule is O=C(NC1CC1)[C@H]1CCCN(c2cnccn2)C1. The molecule has 1 saturated carbocycles. The van der Waals surface area contributed by atoms with E-state index in [1.165, 1.54) is 0 Å². The number of anilines is 1. The highest BCUT2D eigenvalue weighted by Crippen LogP contribution is 2.23. The van der Waals surface area contributed by atoms with Crippen LogP contribution in [0.2, 0.25) is 0 Å². The van der Waals surface area contributed by atoms with E-state index in [9.17, 15) is 4.79 Å². The Morgan fingerprint density at radius 1 is 1.33 bits per heavy atom. The van der Waals surface area contributed by atoms with Gasteiger partial charge in [0.15, 0.2) is 0 Å². The summed E-state index contributed by atoms with van der Waals surface area (Å²) in [5, 5.41) is 3.09. The highest BCUT2D eigenvalue weighted by atomic mass is 16.2. The quantitative estimate of drug-likeness (QED) is 0.863. The molecule has 0 spiro atoms. The Kier molecular flexibility index (Phi) is 3.13. The van der Waals surface area contributed by atoms with Gasteiger partial charge in [-0.1, -0.05) is 0 Å². The molecule has 2 fully saturated rings. The molecule has 96 valence electrons. The molecule has 1 atom stereocenters. The second-order valence-electron chi connectivity index (χ2n) is 5.13. The maximum absolute atomic E-state index is 12.1. The topological polar surface area (TPSA) is 58.1 Å². The van der Waals surface area contributed by atoms with Crippen molar-refractivity contribution in [3.63, 3.8) is 0 Å². The standard InChI is InChI=1S/C13H18N4O/c18-13(16-11-3-4-11)10-2-1-7-17(9-10)12-8-14-5-6-15-12/h5-6,8,10-11H,1-4,7,9H2,(H,16,18)/t10-/m0/s1. The van der Waals surface area contributed by atoms with Gasteiger partial charge in [-0.05, 0) is 25.7 Å². The maximum Gasteiger partial charge on any atom is 0.225 e. The largest absolute Gasteiger partial charge is 0.355 e. The van der Waals surface area contributed by atoms with Crippen molar-refractivity contribution < 1.29 is 4.79 Å². The lowest BCUT2D eigenvalue weighted by atomic mass is 9.97. The minimum absolute atomic E-state index is 0.0985. The van der Waals surface area contributed by atoms with Crippen molar-refractivity contribution >= 4 is 11.7 Å². The zero-order chi connectivity index (χ0) is 12.4. The molecule has 1 saturated heterocycles. The van der Waals surface area contributed by atoms with E-state index >= 15 is 0 Å². The summed E-state index contributed by atoms with van der Waals surface area (Å²) in [6.45, 7) is 1.73. The summed E-state index contributed by atoms with van der Waals surface area (Å²) >= 11 is 0. The molecule has 1 amide bonds. The maximum atomic E-state index is 12.1. The lowest BCUT2D eigenvalue weighted by molar-refractivity contribution is -0.125. The normalized spacial score (nSPS) is 23.8. The van der Waals surface area contributed by atoms with Crippen LogP contribution in [0.1, 0.15) is 25.7 Å². The Morgan fingerprint density at radius 3 is 2.94 bits per heavy atom. The fraction of sp³-hybridized carbons (Fsp3) is 0.615. The monoisotopic (exact) mass is 246 g/mol. The number of nitrogens with zero attached hydrogens (tertiary/aromatic N) is 3. The summed E-state index contributed by atoms with van der Waals surface area (Å²) in [4.78, 5) is 22.6. The van der Waals surface area contributed by atoms with Gasteiger partial charge in [0.2, 0.25) is 5.91 Å². The molecule has 1 aromatic heterocycles. The molecular formula is C13H18N4O. The van der Waals surface area contributed by atoms with Gasteiger partial charge in [0.1, 0.15) is 5.82 Å². The Hall–Kier alpha value is -1.65. The van der Waals surface area contributed by atoms with E-state index in [4.69, 9.17) is 0 Å². The molecule has 0 aromatic carbocycles. The van der Waals surface area contributed by atoms with E-state index < -0.39 is 0 Å². The lowest BCUT2D eigenvalue weighted by Crippen LogP contribution is -2.44. The van der Waals surface area contributed by atoms with Crippen LogP contribution < -0.4 is 10.2 Å². The Bertz CT molecular complexity index is 418. The predicted molar refractivity (Wildman–Crippen MR) is 68.1 cm³/mol. The van der Waals surface area contributed by atoms with Crippen molar-refractivity contribution in [3.05, 3.63) is 18.6 Å². The summed E-state index contributed by atoms with van der Waals surface area (Å²) in [5.74, 6) is 1.19. The average molecular weight is 246 g/mol. The number of rotatable bonds is 3. The zero-order valence-electron chi connectivity index (χ0n) is 10.4. The van der Waals surface area contributed by atoms with Gasteiger partial charge in [0, 0.05) is 31.5 Å². The van der Waals surface area contributed by atoms with E-state index in [1.54, 1.807) is 18.6 Å². The molecule has 1 aliphatic carbocycles. The first-order valence-corrected chi connectivity index (χ1v) is 6.64. The molecule has 0 bridgehead atoms. The summed E-state index contributed by atoms with van der Waals surface area (Å²) in [6, 6.07) is 0.449. The van der Waals surface area contributed by atoms with Gasteiger partial charge in [-0.3, -0.25) is 9.78 Å². The van der Waals surface area contributed by atoms with Crippen molar-refractivity contribution in [2.75, 3.05) is 18.0 Å². The molecule has 1 N–H and O–H groups in total. The number of nitrogens with one attached hydrogen (secondary N) is 1. The minimum atomic E-state index is 0.0985. The molecule has 5 heteroatoms. The highest BCUT2D eigenvalue weighted by molar-refractivity contribution is 5.80. The van der Waals surface area contributed by atoms with Crippen LogP contribution >= 0.6 is 0 Å². The van der Waals surface area contributed by atoms with Crippen LogP contribution in [0.15, 0.2) is 18.6 Å².